The first-order chi connectivity index (χ1) is 9.75. The molecule has 0 bridgehead atoms. The van der Waals surface area contributed by atoms with E-state index < -0.39 is 0 Å². The van der Waals surface area contributed by atoms with Gasteiger partial charge in [0.2, 0.25) is 0 Å². The Morgan fingerprint density at radius 3 is 2.50 bits per heavy atom. The van der Waals surface area contributed by atoms with Crippen LogP contribution >= 0.6 is 11.6 Å². The summed E-state index contributed by atoms with van der Waals surface area (Å²) in [4.78, 5) is 11.6. The molecule has 2 amide bonds. The van der Waals surface area contributed by atoms with E-state index in [-0.39, 0.29) is 6.03 Å². The first-order valence-corrected chi connectivity index (χ1v) is 6.63. The maximum absolute atomic E-state index is 11.6. The van der Waals surface area contributed by atoms with Gasteiger partial charge in [-0.3, -0.25) is 0 Å². The van der Waals surface area contributed by atoms with Crippen molar-refractivity contribution in [2.75, 3.05) is 0 Å². The van der Waals surface area contributed by atoms with E-state index in [9.17, 15) is 4.79 Å². The molecule has 2 rings (SSSR count). The van der Waals surface area contributed by atoms with Gasteiger partial charge in [0.05, 0.1) is 0 Å². The fraction of sp³-hybridized carbons (Fsp3) is 0.0625. The Morgan fingerprint density at radius 1 is 1.05 bits per heavy atom. The molecule has 102 valence electrons. The zero-order valence-corrected chi connectivity index (χ0v) is 11.6. The van der Waals surface area contributed by atoms with Gasteiger partial charge in [-0.05, 0) is 23.3 Å². The van der Waals surface area contributed by atoms with Crippen LogP contribution in [0.5, 0.6) is 0 Å². The van der Waals surface area contributed by atoms with Gasteiger partial charge in [-0.2, -0.15) is 0 Å². The molecule has 0 aromatic heterocycles. The SMILES string of the molecule is O=C(N/C=C/c1ccccc1)NCc1ccccc1Cl. The van der Waals surface area contributed by atoms with Crippen LogP contribution in [-0.4, -0.2) is 6.03 Å². The Balaban J connectivity index is 1.79. The highest BCUT2D eigenvalue weighted by Crippen LogP contribution is 2.14. The highest BCUT2D eigenvalue weighted by molar-refractivity contribution is 6.31. The molecule has 2 aromatic rings. The molecule has 0 aliphatic carbocycles. The minimum absolute atomic E-state index is 0.267. The van der Waals surface area contributed by atoms with Crippen LogP contribution in [0.1, 0.15) is 11.1 Å². The third-order valence-corrected chi connectivity index (χ3v) is 3.06. The lowest BCUT2D eigenvalue weighted by Crippen LogP contribution is -2.31. The van der Waals surface area contributed by atoms with E-state index in [0.29, 0.717) is 11.6 Å². The van der Waals surface area contributed by atoms with E-state index in [4.69, 9.17) is 11.6 Å². The molecule has 4 heteroatoms. The van der Waals surface area contributed by atoms with E-state index in [2.05, 4.69) is 10.6 Å². The van der Waals surface area contributed by atoms with Gasteiger partial charge in [-0.25, -0.2) is 4.79 Å². The molecule has 0 aliphatic rings. The van der Waals surface area contributed by atoms with Crippen LogP contribution in [0.2, 0.25) is 5.02 Å². The Bertz CT molecular complexity index is 596. The predicted octanol–water partition coefficient (Wildman–Crippen LogP) is 3.81. The smallest absolute Gasteiger partial charge is 0.319 e. The summed E-state index contributed by atoms with van der Waals surface area (Å²) in [5, 5.41) is 6.03. The van der Waals surface area contributed by atoms with E-state index in [1.54, 1.807) is 12.3 Å². The second-order valence-electron chi connectivity index (χ2n) is 4.16. The topological polar surface area (TPSA) is 41.1 Å². The molecule has 20 heavy (non-hydrogen) atoms. The van der Waals surface area contributed by atoms with Crippen LogP contribution in [-0.2, 0) is 6.54 Å². The standard InChI is InChI=1S/C16H15ClN2O/c17-15-9-5-4-8-14(15)12-19-16(20)18-11-10-13-6-2-1-3-7-13/h1-11H,12H2,(H2,18,19,20)/b11-10+. The lowest BCUT2D eigenvalue weighted by atomic mass is 10.2. The largest absolute Gasteiger partial charge is 0.334 e. The average Bonchev–Trinajstić information content (AvgIpc) is 2.47. The number of carbonyl (C=O) groups is 1. The minimum atomic E-state index is -0.267. The van der Waals surface area contributed by atoms with Crippen LogP contribution < -0.4 is 10.6 Å². The average molecular weight is 287 g/mol. The first-order valence-electron chi connectivity index (χ1n) is 6.25. The van der Waals surface area contributed by atoms with E-state index in [0.717, 1.165) is 11.1 Å². The number of hydrogen-bond acceptors (Lipinski definition) is 1. The molecule has 0 aliphatic heterocycles. The summed E-state index contributed by atoms with van der Waals surface area (Å²) in [5.41, 5.74) is 1.91. The molecular formula is C16H15ClN2O. The number of rotatable bonds is 4. The number of hydrogen-bond donors (Lipinski definition) is 2. The van der Waals surface area contributed by atoms with Crippen molar-refractivity contribution in [3.05, 3.63) is 76.9 Å². The molecule has 0 atom stereocenters. The fourth-order valence-electron chi connectivity index (χ4n) is 1.65. The number of nitrogens with one attached hydrogen (secondary N) is 2. The summed E-state index contributed by atoms with van der Waals surface area (Å²) >= 11 is 6.01. The molecule has 0 radical (unpaired) electrons. The summed E-state index contributed by atoms with van der Waals surface area (Å²) in [7, 11) is 0. The fourth-order valence-corrected chi connectivity index (χ4v) is 1.85. The molecule has 0 heterocycles. The molecule has 0 spiro atoms. The molecule has 3 nitrogen and oxygen atoms in total. The van der Waals surface area contributed by atoms with Crippen molar-refractivity contribution in [3.8, 4) is 0 Å². The van der Waals surface area contributed by atoms with Crippen LogP contribution in [0.15, 0.2) is 60.8 Å². The predicted molar refractivity (Wildman–Crippen MR) is 82.3 cm³/mol. The van der Waals surface area contributed by atoms with E-state index in [1.807, 2.05) is 54.6 Å². The number of amides is 2. The molecule has 2 aromatic carbocycles. The van der Waals surface area contributed by atoms with Crippen molar-refractivity contribution in [1.29, 1.82) is 0 Å². The van der Waals surface area contributed by atoms with E-state index >= 15 is 0 Å². The van der Waals surface area contributed by atoms with Crippen molar-refractivity contribution >= 4 is 23.7 Å². The van der Waals surface area contributed by atoms with Gasteiger partial charge in [-0.15, -0.1) is 0 Å². The maximum Gasteiger partial charge on any atom is 0.319 e. The van der Waals surface area contributed by atoms with Crippen LogP contribution in [0, 0.1) is 0 Å². The van der Waals surface area contributed by atoms with Crippen LogP contribution in [0.4, 0.5) is 4.79 Å². The zero-order valence-electron chi connectivity index (χ0n) is 10.8. The molecular weight excluding hydrogens is 272 g/mol. The van der Waals surface area contributed by atoms with Gasteiger partial charge in [0, 0.05) is 17.8 Å². The highest BCUT2D eigenvalue weighted by Gasteiger charge is 2.01. The van der Waals surface area contributed by atoms with Crippen molar-refractivity contribution in [2.24, 2.45) is 0 Å². The number of halogens is 1. The summed E-state index contributed by atoms with van der Waals surface area (Å²) in [6, 6.07) is 16.9. The Hall–Kier alpha value is -2.26. The minimum Gasteiger partial charge on any atom is -0.334 e. The van der Waals surface area contributed by atoms with Gasteiger partial charge in [-0.1, -0.05) is 60.1 Å². The Kier molecular flexibility index (Phi) is 5.21. The van der Waals surface area contributed by atoms with Crippen LogP contribution in [0.25, 0.3) is 6.08 Å². The van der Waals surface area contributed by atoms with Crippen molar-refractivity contribution < 1.29 is 4.79 Å². The lowest BCUT2D eigenvalue weighted by Gasteiger charge is -2.06. The normalized spacial score (nSPS) is 10.4. The van der Waals surface area contributed by atoms with Gasteiger partial charge in [0.15, 0.2) is 0 Å². The van der Waals surface area contributed by atoms with Gasteiger partial charge < -0.3 is 10.6 Å². The zero-order chi connectivity index (χ0) is 14.2. The monoisotopic (exact) mass is 286 g/mol. The highest BCUT2D eigenvalue weighted by atomic mass is 35.5. The Morgan fingerprint density at radius 2 is 1.75 bits per heavy atom. The van der Waals surface area contributed by atoms with Gasteiger partial charge >= 0.3 is 6.03 Å². The third kappa shape index (κ3) is 4.44. The summed E-state index contributed by atoms with van der Waals surface area (Å²) in [6.45, 7) is 0.394. The quantitative estimate of drug-likeness (QED) is 0.882. The lowest BCUT2D eigenvalue weighted by molar-refractivity contribution is 0.244. The second-order valence-corrected chi connectivity index (χ2v) is 4.57. The summed E-state index contributed by atoms with van der Waals surface area (Å²) < 4.78 is 0. The van der Waals surface area contributed by atoms with Crippen molar-refractivity contribution in [1.82, 2.24) is 10.6 Å². The van der Waals surface area contributed by atoms with Gasteiger partial charge in [0.25, 0.3) is 0 Å². The first kappa shape index (κ1) is 14.2. The molecule has 0 saturated heterocycles. The number of urea groups is 1. The van der Waals surface area contributed by atoms with Gasteiger partial charge in [0.1, 0.15) is 0 Å². The molecule has 2 N–H and O–H groups in total. The molecule has 0 unspecified atom stereocenters. The summed E-state index contributed by atoms with van der Waals surface area (Å²) in [5.74, 6) is 0. The van der Waals surface area contributed by atoms with E-state index in [1.165, 1.54) is 0 Å². The second kappa shape index (κ2) is 7.36. The summed E-state index contributed by atoms with van der Waals surface area (Å²) in [6.07, 6.45) is 3.44. The van der Waals surface area contributed by atoms with Crippen LogP contribution in [0.3, 0.4) is 0 Å². The maximum atomic E-state index is 11.6. The number of carbonyl (C=O) groups excluding carboxylic acids is 1. The van der Waals surface area contributed by atoms with Crippen molar-refractivity contribution in [2.45, 2.75) is 6.54 Å². The Labute approximate surface area is 123 Å². The third-order valence-electron chi connectivity index (χ3n) is 2.69. The van der Waals surface area contributed by atoms with Crippen molar-refractivity contribution in [3.63, 3.8) is 0 Å². The molecule has 0 saturated carbocycles. The molecule has 0 fully saturated rings. The number of benzene rings is 2.